The Morgan fingerprint density at radius 2 is 1.64 bits per heavy atom. The summed E-state index contributed by atoms with van der Waals surface area (Å²) in [6.07, 6.45) is 5.01. The molecular formula is C32H36FN3O2S. The summed E-state index contributed by atoms with van der Waals surface area (Å²) in [7, 11) is 0. The van der Waals surface area contributed by atoms with Crippen molar-refractivity contribution >= 4 is 35.3 Å². The largest absolute Gasteiger partial charge is 0.352 e. The third kappa shape index (κ3) is 7.58. The van der Waals surface area contributed by atoms with Crippen molar-refractivity contribution in [3.05, 3.63) is 100 Å². The highest BCUT2D eigenvalue weighted by atomic mass is 32.2. The fourth-order valence-corrected chi connectivity index (χ4v) is 5.73. The van der Waals surface area contributed by atoms with E-state index in [1.54, 1.807) is 35.2 Å². The van der Waals surface area contributed by atoms with E-state index in [4.69, 9.17) is 0 Å². The zero-order valence-electron chi connectivity index (χ0n) is 22.7. The van der Waals surface area contributed by atoms with Crippen LogP contribution >= 0.6 is 11.8 Å². The summed E-state index contributed by atoms with van der Waals surface area (Å²) in [5.41, 5.74) is 2.64. The van der Waals surface area contributed by atoms with Gasteiger partial charge in [-0.15, -0.1) is 0 Å². The highest BCUT2D eigenvalue weighted by Gasteiger charge is 2.29. The van der Waals surface area contributed by atoms with E-state index >= 15 is 0 Å². The molecule has 0 unspecified atom stereocenters. The first-order valence-electron chi connectivity index (χ1n) is 13.6. The van der Waals surface area contributed by atoms with Crippen LogP contribution in [0.15, 0.2) is 82.6 Å². The molecule has 1 heterocycles. The molecule has 204 valence electrons. The molecule has 0 radical (unpaired) electrons. The van der Waals surface area contributed by atoms with Gasteiger partial charge in [0.05, 0.1) is 17.1 Å². The van der Waals surface area contributed by atoms with E-state index in [0.717, 1.165) is 55.0 Å². The lowest BCUT2D eigenvalue weighted by molar-refractivity contribution is -0.114. The van der Waals surface area contributed by atoms with Gasteiger partial charge < -0.3 is 15.1 Å². The SMILES string of the molecule is CCCN(CCC)CCCNC(=O)c1ccc(C=C2Sc3ccccc3N(Cc3ccccc3F)C2=O)cc1. The van der Waals surface area contributed by atoms with Crippen molar-refractivity contribution in [1.82, 2.24) is 10.2 Å². The number of hydrogen-bond donors (Lipinski definition) is 1. The molecule has 0 atom stereocenters. The Balaban J connectivity index is 1.42. The van der Waals surface area contributed by atoms with E-state index in [1.165, 1.54) is 17.8 Å². The van der Waals surface area contributed by atoms with Crippen LogP contribution in [-0.4, -0.2) is 42.9 Å². The van der Waals surface area contributed by atoms with Crippen molar-refractivity contribution in [2.75, 3.05) is 31.1 Å². The van der Waals surface area contributed by atoms with Crippen molar-refractivity contribution in [1.29, 1.82) is 0 Å². The molecule has 1 aliphatic heterocycles. The fraction of sp³-hybridized carbons (Fsp3) is 0.312. The van der Waals surface area contributed by atoms with Gasteiger partial charge in [0.1, 0.15) is 5.82 Å². The third-order valence-electron chi connectivity index (χ3n) is 6.61. The van der Waals surface area contributed by atoms with E-state index in [0.29, 0.717) is 22.6 Å². The Bertz CT molecular complexity index is 1300. The molecule has 0 fully saturated rings. The van der Waals surface area contributed by atoms with Gasteiger partial charge in [0.25, 0.3) is 11.8 Å². The Hall–Kier alpha value is -3.42. The second-order valence-electron chi connectivity index (χ2n) is 9.63. The summed E-state index contributed by atoms with van der Waals surface area (Å²) in [6, 6.07) is 21.5. The molecular weight excluding hydrogens is 509 g/mol. The molecule has 7 heteroatoms. The number of carbonyl (C=O) groups excluding carboxylic acids is 2. The van der Waals surface area contributed by atoms with Gasteiger partial charge in [0.2, 0.25) is 0 Å². The number of anilines is 1. The van der Waals surface area contributed by atoms with Crippen LogP contribution in [0.25, 0.3) is 6.08 Å². The second kappa shape index (κ2) is 14.1. The standard InChI is InChI=1S/C32H36FN3O2S/c1-3-19-35(20-4-2)21-9-18-34-31(37)25-16-14-24(15-17-25)22-30-32(38)36(23-26-10-5-6-11-27(26)33)28-12-7-8-13-29(28)39-30/h5-8,10-17,22H,3-4,9,18-21,23H2,1-2H3,(H,34,37). The van der Waals surface area contributed by atoms with Gasteiger partial charge in [0.15, 0.2) is 0 Å². The van der Waals surface area contributed by atoms with E-state index in [1.807, 2.05) is 42.5 Å². The number of benzene rings is 3. The Labute approximate surface area is 235 Å². The van der Waals surface area contributed by atoms with Crippen molar-refractivity contribution in [3.63, 3.8) is 0 Å². The summed E-state index contributed by atoms with van der Waals surface area (Å²) >= 11 is 1.40. The second-order valence-corrected chi connectivity index (χ2v) is 10.7. The lowest BCUT2D eigenvalue weighted by Crippen LogP contribution is -2.34. The number of halogens is 1. The molecule has 0 bridgehead atoms. The van der Waals surface area contributed by atoms with Crippen LogP contribution in [0.2, 0.25) is 0 Å². The minimum Gasteiger partial charge on any atom is -0.352 e. The van der Waals surface area contributed by atoms with Crippen molar-refractivity contribution in [3.8, 4) is 0 Å². The maximum absolute atomic E-state index is 14.4. The maximum Gasteiger partial charge on any atom is 0.265 e. The molecule has 1 N–H and O–H groups in total. The topological polar surface area (TPSA) is 52.7 Å². The molecule has 5 nitrogen and oxygen atoms in total. The van der Waals surface area contributed by atoms with Gasteiger partial charge in [-0.1, -0.05) is 68.1 Å². The number of thioether (sulfide) groups is 1. The smallest absolute Gasteiger partial charge is 0.265 e. The number of amides is 2. The zero-order chi connectivity index (χ0) is 27.6. The van der Waals surface area contributed by atoms with E-state index < -0.39 is 0 Å². The lowest BCUT2D eigenvalue weighted by atomic mass is 10.1. The number of rotatable bonds is 12. The lowest BCUT2D eigenvalue weighted by Gasteiger charge is -2.30. The quantitative estimate of drug-likeness (QED) is 0.202. The van der Waals surface area contributed by atoms with Crippen LogP contribution in [0.5, 0.6) is 0 Å². The summed E-state index contributed by atoms with van der Waals surface area (Å²) < 4.78 is 14.4. The number of fused-ring (bicyclic) bond motifs is 1. The number of carbonyl (C=O) groups is 2. The Kier molecular flexibility index (Phi) is 10.3. The maximum atomic E-state index is 14.4. The van der Waals surface area contributed by atoms with Gasteiger partial charge in [-0.3, -0.25) is 9.59 Å². The summed E-state index contributed by atoms with van der Waals surface area (Å²) in [6.45, 7) is 8.32. The van der Waals surface area contributed by atoms with Gasteiger partial charge >= 0.3 is 0 Å². The molecule has 3 aromatic carbocycles. The highest BCUT2D eigenvalue weighted by Crippen LogP contribution is 2.42. The molecule has 1 aliphatic rings. The highest BCUT2D eigenvalue weighted by molar-refractivity contribution is 8.04. The van der Waals surface area contributed by atoms with Crippen LogP contribution in [0.4, 0.5) is 10.1 Å². The molecule has 0 spiro atoms. The van der Waals surface area contributed by atoms with Crippen LogP contribution in [0.3, 0.4) is 0 Å². The molecule has 0 saturated carbocycles. The first-order chi connectivity index (χ1) is 19.0. The minimum atomic E-state index is -0.334. The zero-order valence-corrected chi connectivity index (χ0v) is 23.5. The molecule has 0 saturated heterocycles. The summed E-state index contributed by atoms with van der Waals surface area (Å²) in [5.74, 6) is -0.608. The van der Waals surface area contributed by atoms with Crippen molar-refractivity contribution in [2.45, 2.75) is 44.6 Å². The number of para-hydroxylation sites is 1. The third-order valence-corrected chi connectivity index (χ3v) is 7.68. The average Bonchev–Trinajstić information content (AvgIpc) is 2.95. The molecule has 0 aromatic heterocycles. The van der Waals surface area contributed by atoms with Crippen LogP contribution in [-0.2, 0) is 11.3 Å². The van der Waals surface area contributed by atoms with E-state index in [-0.39, 0.29) is 24.2 Å². The Morgan fingerprint density at radius 3 is 2.36 bits per heavy atom. The van der Waals surface area contributed by atoms with Crippen molar-refractivity contribution in [2.24, 2.45) is 0 Å². The van der Waals surface area contributed by atoms with Gasteiger partial charge in [0, 0.05) is 22.6 Å². The normalized spacial score (nSPS) is 14.1. The predicted octanol–water partition coefficient (Wildman–Crippen LogP) is 6.75. The number of nitrogens with one attached hydrogen (secondary N) is 1. The average molecular weight is 546 g/mol. The van der Waals surface area contributed by atoms with Gasteiger partial charge in [-0.2, -0.15) is 0 Å². The predicted molar refractivity (Wildman–Crippen MR) is 158 cm³/mol. The van der Waals surface area contributed by atoms with E-state index in [2.05, 4.69) is 24.1 Å². The van der Waals surface area contributed by atoms with E-state index in [9.17, 15) is 14.0 Å². The first kappa shape index (κ1) is 28.6. The summed E-state index contributed by atoms with van der Waals surface area (Å²) in [5, 5.41) is 3.01. The van der Waals surface area contributed by atoms with Crippen LogP contribution in [0.1, 0.15) is 54.6 Å². The van der Waals surface area contributed by atoms with Gasteiger partial charge in [-0.25, -0.2) is 4.39 Å². The van der Waals surface area contributed by atoms with Crippen LogP contribution < -0.4 is 10.2 Å². The summed E-state index contributed by atoms with van der Waals surface area (Å²) in [4.78, 5) is 31.7. The monoisotopic (exact) mass is 545 g/mol. The molecule has 2 amide bonds. The number of hydrogen-bond acceptors (Lipinski definition) is 4. The Morgan fingerprint density at radius 1 is 0.949 bits per heavy atom. The molecule has 3 aromatic rings. The minimum absolute atomic E-state index is 0.0974. The van der Waals surface area contributed by atoms with Crippen molar-refractivity contribution < 1.29 is 14.0 Å². The van der Waals surface area contributed by atoms with Gasteiger partial charge in [-0.05, 0) is 80.9 Å². The van der Waals surface area contributed by atoms with Crippen LogP contribution in [0, 0.1) is 5.82 Å². The molecule has 39 heavy (non-hydrogen) atoms. The molecule has 0 aliphatic carbocycles. The fourth-order valence-electron chi connectivity index (χ4n) is 4.67. The first-order valence-corrected chi connectivity index (χ1v) is 14.5. The molecule has 4 rings (SSSR count). The number of nitrogens with zero attached hydrogens (tertiary/aromatic N) is 2.